The minimum absolute atomic E-state index is 0.00706. The molecule has 0 rings (SSSR count). The zero-order chi connectivity index (χ0) is 12.4. The third-order valence-corrected chi connectivity index (χ3v) is 3.85. The summed E-state index contributed by atoms with van der Waals surface area (Å²) in [7, 11) is 3.48. The van der Waals surface area contributed by atoms with Gasteiger partial charge in [0, 0.05) is 21.0 Å². The van der Waals surface area contributed by atoms with Crippen molar-refractivity contribution >= 4 is 12.3 Å². The molecule has 0 radical (unpaired) electrons. The summed E-state index contributed by atoms with van der Waals surface area (Å²) in [6, 6.07) is 0. The largest absolute Gasteiger partial charge is 0.341 e. The van der Waals surface area contributed by atoms with Gasteiger partial charge in [0.2, 0.25) is 12.3 Å². The average Bonchev–Trinajstić information content (AvgIpc) is 2.14. The number of hydrogen-bond acceptors (Lipinski definition) is 2. The molecule has 0 saturated heterocycles. The van der Waals surface area contributed by atoms with Gasteiger partial charge in [0.05, 0.1) is 11.1 Å². The molecule has 0 spiro atoms. The summed E-state index contributed by atoms with van der Waals surface area (Å²) < 4.78 is 0. The fraction of sp³-hybridized carbons (Fsp3) is 0.818. The van der Waals surface area contributed by atoms with Crippen molar-refractivity contribution in [2.24, 2.45) is 0 Å². The summed E-state index contributed by atoms with van der Waals surface area (Å²) in [6.45, 7) is 9.32. The lowest BCUT2D eigenvalue weighted by molar-refractivity contribution is -0.141. The molecular weight excluding hydrogens is 192 g/mol. The van der Waals surface area contributed by atoms with Gasteiger partial charge in [0.25, 0.3) is 0 Å². The highest BCUT2D eigenvalue weighted by atomic mass is 16.2. The number of carbonyl (C=O) groups is 2. The molecule has 0 aromatic rings. The van der Waals surface area contributed by atoms with E-state index in [1.54, 1.807) is 23.9 Å². The quantitative estimate of drug-likeness (QED) is 0.658. The Morgan fingerprint density at radius 3 is 1.73 bits per heavy atom. The molecule has 0 aromatic heterocycles. The summed E-state index contributed by atoms with van der Waals surface area (Å²) in [5, 5.41) is 0. The summed E-state index contributed by atoms with van der Waals surface area (Å²) >= 11 is 0. The van der Waals surface area contributed by atoms with Crippen molar-refractivity contribution in [2.75, 3.05) is 14.1 Å². The Morgan fingerprint density at radius 2 is 1.47 bits per heavy atom. The number of carbonyl (C=O) groups excluding carboxylic acids is 2. The Balaban J connectivity index is 5.16. The molecule has 4 heteroatoms. The Hall–Kier alpha value is -1.06. The SMILES string of the molecule is CC(=O)N(C)C(C)(C)C(C)(C)N(C)C=O. The van der Waals surface area contributed by atoms with Crippen LogP contribution in [0.1, 0.15) is 34.6 Å². The van der Waals surface area contributed by atoms with E-state index < -0.39 is 11.1 Å². The first-order valence-corrected chi connectivity index (χ1v) is 5.01. The van der Waals surface area contributed by atoms with Gasteiger partial charge in [-0.3, -0.25) is 9.59 Å². The van der Waals surface area contributed by atoms with Crippen LogP contribution in [0.25, 0.3) is 0 Å². The monoisotopic (exact) mass is 214 g/mol. The number of likely N-dealkylation sites (N-methyl/N-ethyl adjacent to an activating group) is 2. The molecule has 0 unspecified atom stereocenters. The van der Waals surface area contributed by atoms with E-state index in [1.165, 1.54) is 6.92 Å². The third kappa shape index (κ3) is 2.30. The standard InChI is InChI=1S/C11H22N2O2/c1-9(15)13(7)11(4,5)10(2,3)12(6)8-14/h8H,1-7H3. The zero-order valence-corrected chi connectivity index (χ0v) is 10.8. The highest BCUT2D eigenvalue weighted by Gasteiger charge is 2.43. The Bertz CT molecular complexity index is 259. The lowest BCUT2D eigenvalue weighted by atomic mass is 9.80. The second-order valence-corrected chi connectivity index (χ2v) is 4.91. The smallest absolute Gasteiger partial charge is 0.219 e. The van der Waals surface area contributed by atoms with Crippen LogP contribution in [0.15, 0.2) is 0 Å². The highest BCUT2D eigenvalue weighted by molar-refractivity contribution is 5.74. The number of rotatable bonds is 4. The van der Waals surface area contributed by atoms with E-state index in [1.807, 2.05) is 27.7 Å². The maximum absolute atomic E-state index is 11.4. The Morgan fingerprint density at radius 1 is 1.07 bits per heavy atom. The van der Waals surface area contributed by atoms with Crippen LogP contribution in [0, 0.1) is 0 Å². The summed E-state index contributed by atoms with van der Waals surface area (Å²) in [5.74, 6) is -0.00706. The maximum atomic E-state index is 11.4. The molecule has 0 saturated carbocycles. The van der Waals surface area contributed by atoms with Crippen LogP contribution in [-0.2, 0) is 9.59 Å². The topological polar surface area (TPSA) is 40.6 Å². The van der Waals surface area contributed by atoms with Crippen molar-refractivity contribution in [3.63, 3.8) is 0 Å². The van der Waals surface area contributed by atoms with Gasteiger partial charge in [0.15, 0.2) is 0 Å². The van der Waals surface area contributed by atoms with Gasteiger partial charge in [-0.25, -0.2) is 0 Å². The summed E-state index contributed by atoms with van der Waals surface area (Å²) in [6.07, 6.45) is 0.787. The van der Waals surface area contributed by atoms with E-state index in [0.29, 0.717) is 0 Å². The fourth-order valence-corrected chi connectivity index (χ4v) is 1.37. The molecular formula is C11H22N2O2. The van der Waals surface area contributed by atoms with Gasteiger partial charge < -0.3 is 9.80 Å². The molecule has 0 aromatic carbocycles. The molecule has 0 aliphatic carbocycles. The van der Waals surface area contributed by atoms with E-state index in [4.69, 9.17) is 0 Å². The van der Waals surface area contributed by atoms with Crippen LogP contribution in [0.3, 0.4) is 0 Å². The van der Waals surface area contributed by atoms with E-state index in [9.17, 15) is 9.59 Å². The van der Waals surface area contributed by atoms with Crippen LogP contribution in [0.2, 0.25) is 0 Å². The lowest BCUT2D eigenvalue weighted by Crippen LogP contribution is -2.64. The molecule has 0 aliphatic rings. The van der Waals surface area contributed by atoms with E-state index >= 15 is 0 Å². The molecule has 15 heavy (non-hydrogen) atoms. The molecule has 0 aliphatic heterocycles. The van der Waals surface area contributed by atoms with Crippen LogP contribution < -0.4 is 0 Å². The van der Waals surface area contributed by atoms with Gasteiger partial charge in [-0.1, -0.05) is 0 Å². The summed E-state index contributed by atoms with van der Waals surface area (Å²) in [5.41, 5.74) is -0.844. The second kappa shape index (κ2) is 4.21. The molecule has 0 heterocycles. The van der Waals surface area contributed by atoms with Crippen molar-refractivity contribution in [1.29, 1.82) is 0 Å². The van der Waals surface area contributed by atoms with E-state index in [2.05, 4.69) is 0 Å². The van der Waals surface area contributed by atoms with E-state index in [-0.39, 0.29) is 5.91 Å². The minimum atomic E-state index is -0.422. The van der Waals surface area contributed by atoms with Gasteiger partial charge in [-0.2, -0.15) is 0 Å². The highest BCUT2D eigenvalue weighted by Crippen LogP contribution is 2.30. The molecule has 2 amide bonds. The third-order valence-electron chi connectivity index (χ3n) is 3.85. The van der Waals surface area contributed by atoms with Crippen molar-refractivity contribution in [2.45, 2.75) is 45.7 Å². The Labute approximate surface area is 92.2 Å². The molecule has 0 atom stereocenters. The molecule has 0 fully saturated rings. The van der Waals surface area contributed by atoms with Crippen molar-refractivity contribution in [1.82, 2.24) is 9.80 Å². The van der Waals surface area contributed by atoms with Gasteiger partial charge in [-0.05, 0) is 27.7 Å². The van der Waals surface area contributed by atoms with Crippen molar-refractivity contribution in [3.8, 4) is 0 Å². The molecule has 88 valence electrons. The summed E-state index contributed by atoms with van der Waals surface area (Å²) in [4.78, 5) is 25.4. The van der Waals surface area contributed by atoms with Crippen LogP contribution >= 0.6 is 0 Å². The lowest BCUT2D eigenvalue weighted by Gasteiger charge is -2.50. The van der Waals surface area contributed by atoms with Crippen molar-refractivity contribution in [3.05, 3.63) is 0 Å². The van der Waals surface area contributed by atoms with Gasteiger partial charge >= 0.3 is 0 Å². The predicted molar refractivity (Wildman–Crippen MR) is 60.4 cm³/mol. The average molecular weight is 214 g/mol. The van der Waals surface area contributed by atoms with Crippen LogP contribution in [-0.4, -0.2) is 47.3 Å². The van der Waals surface area contributed by atoms with Gasteiger partial charge in [0.1, 0.15) is 0 Å². The first-order valence-electron chi connectivity index (χ1n) is 5.01. The van der Waals surface area contributed by atoms with Gasteiger partial charge in [-0.15, -0.1) is 0 Å². The number of nitrogens with zero attached hydrogens (tertiary/aromatic N) is 2. The van der Waals surface area contributed by atoms with Crippen LogP contribution in [0.5, 0.6) is 0 Å². The van der Waals surface area contributed by atoms with Crippen molar-refractivity contribution < 1.29 is 9.59 Å². The second-order valence-electron chi connectivity index (χ2n) is 4.91. The fourth-order valence-electron chi connectivity index (χ4n) is 1.37. The molecule has 0 N–H and O–H groups in total. The first kappa shape index (κ1) is 13.9. The molecule has 4 nitrogen and oxygen atoms in total. The predicted octanol–water partition coefficient (Wildman–Crippen LogP) is 1.11. The molecule has 0 bridgehead atoms. The van der Waals surface area contributed by atoms with Crippen LogP contribution in [0.4, 0.5) is 0 Å². The first-order chi connectivity index (χ1) is 6.59. The number of amides is 2. The zero-order valence-electron chi connectivity index (χ0n) is 10.8. The maximum Gasteiger partial charge on any atom is 0.219 e. The van der Waals surface area contributed by atoms with E-state index in [0.717, 1.165) is 6.41 Å². The normalized spacial score (nSPS) is 12.2. The number of hydrogen-bond donors (Lipinski definition) is 0. The Kier molecular flexibility index (Phi) is 3.91. The minimum Gasteiger partial charge on any atom is -0.341 e.